The Bertz CT molecular complexity index is 977. The van der Waals surface area contributed by atoms with Gasteiger partial charge in [-0.1, -0.05) is 36.4 Å². The Morgan fingerprint density at radius 2 is 1.81 bits per heavy atom. The molecule has 1 aromatic carbocycles. The number of ether oxygens (including phenoxy) is 1. The molecule has 3 saturated heterocycles. The molecule has 9 heteroatoms. The third-order valence-electron chi connectivity index (χ3n) is 7.54. The van der Waals surface area contributed by atoms with Gasteiger partial charge in [-0.15, -0.1) is 11.3 Å². The number of benzene rings is 1. The van der Waals surface area contributed by atoms with Crippen LogP contribution in [0, 0.1) is 0 Å². The Morgan fingerprint density at radius 1 is 1.03 bits per heavy atom. The Kier molecular flexibility index (Phi) is 8.66. The maximum Gasteiger partial charge on any atom is 0.264 e. The molecule has 0 aliphatic carbocycles. The van der Waals surface area contributed by atoms with Gasteiger partial charge < -0.3 is 19.9 Å². The Hall–Kier alpha value is -2.30. The predicted molar refractivity (Wildman–Crippen MR) is 141 cm³/mol. The number of piperazine rings is 1. The van der Waals surface area contributed by atoms with Crippen molar-refractivity contribution in [1.82, 2.24) is 24.9 Å². The molecule has 0 saturated carbocycles. The van der Waals surface area contributed by atoms with Gasteiger partial charge in [-0.2, -0.15) is 0 Å². The Labute approximate surface area is 217 Å². The van der Waals surface area contributed by atoms with E-state index in [4.69, 9.17) is 4.74 Å². The van der Waals surface area contributed by atoms with Crippen LogP contribution in [0.25, 0.3) is 0 Å². The maximum atomic E-state index is 13.7. The molecule has 5 rings (SSSR count). The Morgan fingerprint density at radius 3 is 2.53 bits per heavy atom. The number of rotatable bonds is 8. The number of amides is 2. The molecule has 8 nitrogen and oxygen atoms in total. The molecule has 2 atom stereocenters. The van der Waals surface area contributed by atoms with Crippen molar-refractivity contribution in [2.24, 2.45) is 0 Å². The van der Waals surface area contributed by atoms with Crippen molar-refractivity contribution >= 4 is 23.2 Å². The molecule has 2 unspecified atom stereocenters. The molecule has 0 bridgehead atoms. The van der Waals surface area contributed by atoms with E-state index in [0.29, 0.717) is 30.9 Å². The SMILES string of the molecule is O=C(C1CC(N(CCN2CCOCC2)Cc2ccccc2)CN1C(=O)c1cccs1)N1CCNCC1. The van der Waals surface area contributed by atoms with Crippen LogP contribution >= 0.6 is 11.3 Å². The van der Waals surface area contributed by atoms with Crippen LogP contribution in [-0.4, -0.2) is 116 Å². The number of hydrogen-bond acceptors (Lipinski definition) is 7. The van der Waals surface area contributed by atoms with Crippen LogP contribution in [0.1, 0.15) is 21.7 Å². The molecular weight excluding hydrogens is 474 g/mol. The molecule has 3 aliphatic rings. The fraction of sp³-hybridized carbons (Fsp3) is 0.556. The molecule has 3 aliphatic heterocycles. The van der Waals surface area contributed by atoms with E-state index in [1.807, 2.05) is 33.4 Å². The quantitative estimate of drug-likeness (QED) is 0.581. The molecular formula is C27H37N5O3S. The summed E-state index contributed by atoms with van der Waals surface area (Å²) in [5.41, 5.74) is 1.26. The van der Waals surface area contributed by atoms with Crippen molar-refractivity contribution in [2.75, 3.05) is 72.1 Å². The van der Waals surface area contributed by atoms with Crippen molar-refractivity contribution in [3.63, 3.8) is 0 Å². The van der Waals surface area contributed by atoms with Crippen LogP contribution in [0.2, 0.25) is 0 Å². The zero-order chi connectivity index (χ0) is 24.7. The van der Waals surface area contributed by atoms with Gasteiger partial charge in [0.2, 0.25) is 5.91 Å². The highest BCUT2D eigenvalue weighted by Crippen LogP contribution is 2.28. The van der Waals surface area contributed by atoms with Gasteiger partial charge in [-0.3, -0.25) is 19.4 Å². The molecule has 194 valence electrons. The third kappa shape index (κ3) is 6.15. The standard InChI is InChI=1S/C27H37N5O3S/c33-26(30-10-8-28-9-11-30)24-19-23(21-32(24)27(34)25-7-4-18-36-25)31(20-22-5-2-1-3-6-22)13-12-29-14-16-35-17-15-29/h1-7,18,23-24,28H,8-17,19-21H2. The van der Waals surface area contributed by atoms with Crippen molar-refractivity contribution in [2.45, 2.75) is 25.0 Å². The van der Waals surface area contributed by atoms with E-state index >= 15 is 0 Å². The van der Waals surface area contributed by atoms with Gasteiger partial charge in [-0.05, 0) is 23.4 Å². The lowest BCUT2D eigenvalue weighted by Crippen LogP contribution is -2.53. The predicted octanol–water partition coefficient (Wildman–Crippen LogP) is 1.60. The van der Waals surface area contributed by atoms with Crippen molar-refractivity contribution in [3.8, 4) is 0 Å². The van der Waals surface area contributed by atoms with E-state index in [1.54, 1.807) is 0 Å². The molecule has 1 aromatic heterocycles. The van der Waals surface area contributed by atoms with Crippen LogP contribution in [0.15, 0.2) is 47.8 Å². The monoisotopic (exact) mass is 511 g/mol. The second-order valence-electron chi connectivity index (χ2n) is 9.83. The largest absolute Gasteiger partial charge is 0.379 e. The molecule has 2 amide bonds. The first-order valence-electron chi connectivity index (χ1n) is 13.1. The zero-order valence-electron chi connectivity index (χ0n) is 20.9. The van der Waals surface area contributed by atoms with E-state index < -0.39 is 6.04 Å². The van der Waals surface area contributed by atoms with Gasteiger partial charge >= 0.3 is 0 Å². The summed E-state index contributed by atoms with van der Waals surface area (Å²) in [4.78, 5) is 36.7. The molecule has 0 radical (unpaired) electrons. The Balaban J connectivity index is 1.36. The van der Waals surface area contributed by atoms with Crippen molar-refractivity contribution < 1.29 is 14.3 Å². The second kappa shape index (κ2) is 12.3. The summed E-state index contributed by atoms with van der Waals surface area (Å²) in [5.74, 6) is 0.0746. The van der Waals surface area contributed by atoms with E-state index in [-0.39, 0.29) is 17.9 Å². The molecule has 0 spiro atoms. The number of nitrogens with one attached hydrogen (secondary N) is 1. The maximum absolute atomic E-state index is 13.7. The van der Waals surface area contributed by atoms with Gasteiger partial charge in [0.05, 0.1) is 18.1 Å². The van der Waals surface area contributed by atoms with E-state index in [1.165, 1.54) is 16.9 Å². The lowest BCUT2D eigenvalue weighted by Gasteiger charge is -2.33. The summed E-state index contributed by atoms with van der Waals surface area (Å²) in [6.07, 6.45) is 0.676. The number of morpholine rings is 1. The first kappa shape index (κ1) is 25.4. The van der Waals surface area contributed by atoms with Crippen LogP contribution in [0.3, 0.4) is 0 Å². The van der Waals surface area contributed by atoms with Crippen molar-refractivity contribution in [1.29, 1.82) is 0 Å². The average molecular weight is 512 g/mol. The number of carbonyl (C=O) groups excluding carboxylic acids is 2. The highest BCUT2D eigenvalue weighted by atomic mass is 32.1. The lowest BCUT2D eigenvalue weighted by molar-refractivity contribution is -0.135. The van der Waals surface area contributed by atoms with Gasteiger partial charge in [0.1, 0.15) is 6.04 Å². The van der Waals surface area contributed by atoms with Crippen LogP contribution in [-0.2, 0) is 16.1 Å². The van der Waals surface area contributed by atoms with E-state index in [9.17, 15) is 9.59 Å². The van der Waals surface area contributed by atoms with Gasteiger partial charge in [0, 0.05) is 71.5 Å². The summed E-state index contributed by atoms with van der Waals surface area (Å²) in [6, 6.07) is 14.0. The van der Waals surface area contributed by atoms with E-state index in [0.717, 1.165) is 59.0 Å². The summed E-state index contributed by atoms with van der Waals surface area (Å²) in [5, 5.41) is 5.25. The lowest BCUT2D eigenvalue weighted by atomic mass is 10.1. The number of nitrogens with zero attached hydrogens (tertiary/aromatic N) is 4. The van der Waals surface area contributed by atoms with Gasteiger partial charge in [0.25, 0.3) is 5.91 Å². The number of thiophene rings is 1. The molecule has 4 heterocycles. The smallest absolute Gasteiger partial charge is 0.264 e. The summed E-state index contributed by atoms with van der Waals surface area (Å²) in [6.45, 7) is 9.74. The first-order chi connectivity index (χ1) is 17.7. The molecule has 36 heavy (non-hydrogen) atoms. The third-order valence-corrected chi connectivity index (χ3v) is 8.40. The molecule has 3 fully saturated rings. The highest BCUT2D eigenvalue weighted by Gasteiger charge is 2.43. The molecule has 1 N–H and O–H groups in total. The number of hydrogen-bond donors (Lipinski definition) is 1. The summed E-state index contributed by atoms with van der Waals surface area (Å²) < 4.78 is 5.53. The highest BCUT2D eigenvalue weighted by molar-refractivity contribution is 7.12. The topological polar surface area (TPSA) is 68.4 Å². The molecule has 2 aromatic rings. The van der Waals surface area contributed by atoms with Gasteiger partial charge in [0.15, 0.2) is 0 Å². The minimum Gasteiger partial charge on any atom is -0.379 e. The van der Waals surface area contributed by atoms with Crippen LogP contribution in [0.5, 0.6) is 0 Å². The summed E-state index contributed by atoms with van der Waals surface area (Å²) in [7, 11) is 0. The fourth-order valence-corrected chi connectivity index (χ4v) is 6.16. The summed E-state index contributed by atoms with van der Waals surface area (Å²) >= 11 is 1.45. The van der Waals surface area contributed by atoms with E-state index in [2.05, 4.69) is 39.4 Å². The van der Waals surface area contributed by atoms with Crippen molar-refractivity contribution in [3.05, 3.63) is 58.3 Å². The first-order valence-corrected chi connectivity index (χ1v) is 14.0. The average Bonchev–Trinajstić information content (AvgIpc) is 3.63. The van der Waals surface area contributed by atoms with Crippen LogP contribution < -0.4 is 5.32 Å². The minimum absolute atomic E-state index is 0.0196. The second-order valence-corrected chi connectivity index (χ2v) is 10.8. The fourth-order valence-electron chi connectivity index (χ4n) is 5.48. The zero-order valence-corrected chi connectivity index (χ0v) is 21.7. The number of likely N-dealkylation sites (tertiary alicyclic amines) is 1. The number of carbonyl (C=O) groups is 2. The van der Waals surface area contributed by atoms with Crippen LogP contribution in [0.4, 0.5) is 0 Å². The van der Waals surface area contributed by atoms with Gasteiger partial charge in [-0.25, -0.2) is 0 Å². The normalized spacial score (nSPS) is 23.4. The minimum atomic E-state index is -0.413.